The number of carbonyl (C=O) groups is 2. The van der Waals surface area contributed by atoms with E-state index in [-0.39, 0.29) is 16.4 Å². The van der Waals surface area contributed by atoms with Crippen LogP contribution < -0.4 is 0 Å². The summed E-state index contributed by atoms with van der Waals surface area (Å²) >= 11 is 6.26. The van der Waals surface area contributed by atoms with Gasteiger partial charge in [0.05, 0.1) is 4.83 Å². The highest BCUT2D eigenvalue weighted by molar-refractivity contribution is 9.11. The Kier molecular flexibility index (Phi) is 2.27. The van der Waals surface area contributed by atoms with Crippen molar-refractivity contribution in [1.82, 2.24) is 0 Å². The van der Waals surface area contributed by atoms with Crippen LogP contribution in [0.25, 0.3) is 0 Å². The Morgan fingerprint density at radius 2 is 1.73 bits per heavy atom. The summed E-state index contributed by atoms with van der Waals surface area (Å²) in [4.78, 5) is 21.6. The maximum atomic E-state index is 11.3. The quantitative estimate of drug-likeness (QED) is 0.501. The van der Waals surface area contributed by atoms with Crippen LogP contribution in [-0.4, -0.2) is 21.2 Å². The normalized spacial score (nSPS) is 36.4. The van der Waals surface area contributed by atoms with Gasteiger partial charge in [-0.3, -0.25) is 9.59 Å². The van der Waals surface area contributed by atoms with Crippen molar-refractivity contribution < 1.29 is 9.59 Å². The fourth-order valence-electron chi connectivity index (χ4n) is 1.06. The molecule has 1 fully saturated rings. The molecule has 1 rings (SSSR count). The summed E-state index contributed by atoms with van der Waals surface area (Å²) in [5.41, 5.74) is -0.564. The lowest BCUT2D eigenvalue weighted by Crippen LogP contribution is -2.27. The van der Waals surface area contributed by atoms with Gasteiger partial charge < -0.3 is 0 Å². The van der Waals surface area contributed by atoms with E-state index >= 15 is 0 Å². The minimum Gasteiger partial charge on any atom is -0.297 e. The van der Waals surface area contributed by atoms with Gasteiger partial charge in [-0.15, -0.1) is 0 Å². The van der Waals surface area contributed by atoms with E-state index in [1.54, 1.807) is 13.8 Å². The summed E-state index contributed by atoms with van der Waals surface area (Å²) in [6, 6.07) is 0. The van der Waals surface area contributed by atoms with Crippen LogP contribution in [0.1, 0.15) is 13.8 Å². The molecule has 1 saturated carbocycles. The first-order valence-electron chi connectivity index (χ1n) is 3.25. The van der Waals surface area contributed by atoms with Crippen molar-refractivity contribution in [2.75, 3.05) is 0 Å². The molecule has 0 aromatic carbocycles. The first kappa shape index (κ1) is 9.39. The summed E-state index contributed by atoms with van der Waals surface area (Å²) in [5, 5.41) is 0. The second kappa shape index (κ2) is 2.66. The summed E-state index contributed by atoms with van der Waals surface area (Å²) in [5.74, 6) is -0.107. The van der Waals surface area contributed by atoms with Crippen molar-refractivity contribution >= 4 is 43.4 Å². The molecule has 0 amide bonds. The molecule has 1 aliphatic carbocycles. The highest BCUT2D eigenvalue weighted by atomic mass is 79.9. The number of halogens is 2. The van der Waals surface area contributed by atoms with E-state index in [0.29, 0.717) is 0 Å². The van der Waals surface area contributed by atoms with Crippen LogP contribution in [0.2, 0.25) is 0 Å². The SMILES string of the molecule is CC1(C)C(=O)[C@H](Br)C(=O)[C@H]1Br. The zero-order chi connectivity index (χ0) is 8.81. The van der Waals surface area contributed by atoms with Crippen molar-refractivity contribution in [2.24, 2.45) is 5.41 Å². The average Bonchev–Trinajstić information content (AvgIpc) is 2.06. The highest BCUT2D eigenvalue weighted by Crippen LogP contribution is 2.39. The molecule has 0 bridgehead atoms. The number of Topliss-reactive ketones (excluding diaryl/α,β-unsaturated/α-hetero) is 2. The minimum absolute atomic E-state index is 0.0376. The maximum absolute atomic E-state index is 11.3. The third-order valence-electron chi connectivity index (χ3n) is 2.00. The average molecular weight is 284 g/mol. The Morgan fingerprint density at radius 1 is 1.27 bits per heavy atom. The van der Waals surface area contributed by atoms with Crippen LogP contribution in [0.15, 0.2) is 0 Å². The molecular weight excluding hydrogens is 276 g/mol. The zero-order valence-electron chi connectivity index (χ0n) is 6.23. The molecule has 11 heavy (non-hydrogen) atoms. The molecule has 2 atom stereocenters. The molecule has 0 N–H and O–H groups in total. The van der Waals surface area contributed by atoms with Gasteiger partial charge in [0.15, 0.2) is 11.6 Å². The first-order valence-corrected chi connectivity index (χ1v) is 5.08. The highest BCUT2D eigenvalue weighted by Gasteiger charge is 2.52. The van der Waals surface area contributed by atoms with Crippen molar-refractivity contribution in [1.29, 1.82) is 0 Å². The van der Waals surface area contributed by atoms with Gasteiger partial charge in [0.1, 0.15) is 4.83 Å². The molecule has 0 radical (unpaired) electrons. The summed E-state index contributed by atoms with van der Waals surface area (Å²) in [7, 11) is 0. The molecule has 0 aliphatic heterocycles. The van der Waals surface area contributed by atoms with Gasteiger partial charge in [-0.1, -0.05) is 45.7 Å². The Bertz CT molecular complexity index is 222. The van der Waals surface area contributed by atoms with Crippen LogP contribution in [0.5, 0.6) is 0 Å². The third kappa shape index (κ3) is 1.20. The maximum Gasteiger partial charge on any atom is 0.168 e. The second-order valence-corrected chi connectivity index (χ2v) is 5.04. The van der Waals surface area contributed by atoms with Crippen molar-refractivity contribution in [3.05, 3.63) is 0 Å². The van der Waals surface area contributed by atoms with Crippen LogP contribution in [-0.2, 0) is 9.59 Å². The van der Waals surface area contributed by atoms with Gasteiger partial charge in [-0.05, 0) is 0 Å². The predicted octanol–water partition coefficient (Wildman–Crippen LogP) is 1.69. The van der Waals surface area contributed by atoms with Crippen LogP contribution in [0, 0.1) is 5.41 Å². The Morgan fingerprint density at radius 3 is 1.82 bits per heavy atom. The van der Waals surface area contributed by atoms with Gasteiger partial charge in [0.25, 0.3) is 0 Å². The van der Waals surface area contributed by atoms with Gasteiger partial charge in [0.2, 0.25) is 0 Å². The predicted molar refractivity (Wildman–Crippen MR) is 49.2 cm³/mol. The van der Waals surface area contributed by atoms with Crippen molar-refractivity contribution in [2.45, 2.75) is 23.5 Å². The smallest absolute Gasteiger partial charge is 0.168 e. The van der Waals surface area contributed by atoms with E-state index < -0.39 is 10.2 Å². The number of alkyl halides is 2. The minimum atomic E-state index is -0.609. The lowest BCUT2D eigenvalue weighted by Gasteiger charge is -2.17. The third-order valence-corrected chi connectivity index (χ3v) is 4.46. The van der Waals surface area contributed by atoms with Crippen LogP contribution >= 0.6 is 31.9 Å². The van der Waals surface area contributed by atoms with E-state index in [1.165, 1.54) is 0 Å². The molecule has 62 valence electrons. The zero-order valence-corrected chi connectivity index (χ0v) is 9.40. The fourth-order valence-corrected chi connectivity index (χ4v) is 2.76. The lowest BCUT2D eigenvalue weighted by atomic mass is 9.91. The standard InChI is InChI=1S/C7H8Br2O2/c1-7(2)5(9)4(10)3(8)6(7)11/h3,5H,1-2H3/t3-,5-/m1/s1. The number of ketones is 2. The van der Waals surface area contributed by atoms with Gasteiger partial charge in [0, 0.05) is 5.41 Å². The van der Waals surface area contributed by atoms with E-state index in [2.05, 4.69) is 31.9 Å². The van der Waals surface area contributed by atoms with E-state index in [4.69, 9.17) is 0 Å². The van der Waals surface area contributed by atoms with Gasteiger partial charge in [-0.2, -0.15) is 0 Å². The molecule has 0 spiro atoms. The molecule has 1 aliphatic rings. The Balaban J connectivity index is 3.06. The molecule has 0 aromatic heterocycles. The molecule has 2 nitrogen and oxygen atoms in total. The molecule has 0 aromatic rings. The lowest BCUT2D eigenvalue weighted by molar-refractivity contribution is -0.124. The largest absolute Gasteiger partial charge is 0.297 e. The van der Waals surface area contributed by atoms with Crippen LogP contribution in [0.4, 0.5) is 0 Å². The summed E-state index contributed by atoms with van der Waals surface area (Å²) in [6.07, 6.45) is 0. The summed E-state index contributed by atoms with van der Waals surface area (Å²) < 4.78 is 0. The van der Waals surface area contributed by atoms with E-state index in [1.807, 2.05) is 0 Å². The molecular formula is C7H8Br2O2. The monoisotopic (exact) mass is 282 g/mol. The summed E-state index contributed by atoms with van der Waals surface area (Å²) in [6.45, 7) is 3.54. The van der Waals surface area contributed by atoms with Crippen molar-refractivity contribution in [3.63, 3.8) is 0 Å². The Labute approximate surface area is 82.0 Å². The number of hydrogen-bond donors (Lipinski definition) is 0. The second-order valence-electron chi connectivity index (χ2n) is 3.21. The Hall–Kier alpha value is 0.300. The molecule has 0 saturated heterocycles. The number of carbonyl (C=O) groups excluding carboxylic acids is 2. The number of rotatable bonds is 0. The van der Waals surface area contributed by atoms with E-state index in [0.717, 1.165) is 0 Å². The molecule has 4 heteroatoms. The number of hydrogen-bond acceptors (Lipinski definition) is 2. The molecule has 0 heterocycles. The first-order chi connectivity index (χ1) is 4.89. The van der Waals surface area contributed by atoms with Crippen molar-refractivity contribution in [3.8, 4) is 0 Å². The topological polar surface area (TPSA) is 34.1 Å². The fraction of sp³-hybridized carbons (Fsp3) is 0.714. The molecule has 0 unspecified atom stereocenters. The van der Waals surface area contributed by atoms with Crippen LogP contribution in [0.3, 0.4) is 0 Å². The van der Waals surface area contributed by atoms with E-state index in [9.17, 15) is 9.59 Å². The van der Waals surface area contributed by atoms with Gasteiger partial charge >= 0.3 is 0 Å². The van der Waals surface area contributed by atoms with Gasteiger partial charge in [-0.25, -0.2) is 0 Å².